The quantitative estimate of drug-likeness (QED) is 0.229. The molecule has 11 heteroatoms. The number of nitrogens with zero attached hydrogens (tertiary/aromatic N) is 2. The van der Waals surface area contributed by atoms with Crippen LogP contribution in [-0.2, 0) is 10.5 Å². The zero-order valence-corrected chi connectivity index (χ0v) is 20.2. The smallest absolute Gasteiger partial charge is 0.323 e. The summed E-state index contributed by atoms with van der Waals surface area (Å²) in [6.07, 6.45) is -4.67. The van der Waals surface area contributed by atoms with Crippen molar-refractivity contribution in [1.82, 2.24) is 0 Å². The highest BCUT2D eigenvalue weighted by Crippen LogP contribution is 2.52. The molecule has 2 aromatic rings. The number of ketones is 1. The Morgan fingerprint density at radius 2 is 1.67 bits per heavy atom. The van der Waals surface area contributed by atoms with E-state index in [1.54, 1.807) is 6.07 Å². The van der Waals surface area contributed by atoms with Gasteiger partial charge >= 0.3 is 11.8 Å². The van der Waals surface area contributed by atoms with Crippen molar-refractivity contribution in [3.8, 4) is 11.5 Å². The minimum absolute atomic E-state index is 0.0961. The third kappa shape index (κ3) is 5.64. The van der Waals surface area contributed by atoms with Crippen LogP contribution in [0.5, 0.6) is 0 Å². The number of carbonyl (C=O) groups excluding carboxylic acids is 2. The van der Waals surface area contributed by atoms with E-state index in [9.17, 15) is 22.8 Å². The fourth-order valence-electron chi connectivity index (χ4n) is 2.82. The van der Waals surface area contributed by atoms with E-state index in [0.29, 0.717) is 5.56 Å². The van der Waals surface area contributed by atoms with Crippen LogP contribution in [0.3, 0.4) is 0 Å². The topological polar surface area (TPSA) is 70.9 Å². The number of amides is 1. The van der Waals surface area contributed by atoms with E-state index in [-0.39, 0.29) is 22.4 Å². The number of halogens is 5. The Labute approximate surface area is 199 Å². The summed E-state index contributed by atoms with van der Waals surface area (Å²) >= 11 is 11.2. The lowest BCUT2D eigenvalue weighted by atomic mass is 9.96. The van der Waals surface area contributed by atoms with Crippen molar-refractivity contribution in [3.63, 3.8) is 0 Å². The lowest BCUT2D eigenvalue weighted by molar-refractivity contribution is -0.166. The highest BCUT2D eigenvalue weighted by Gasteiger charge is 2.65. The van der Waals surface area contributed by atoms with Crippen LogP contribution in [0.15, 0.2) is 52.7 Å². The van der Waals surface area contributed by atoms with Gasteiger partial charge in [0.1, 0.15) is 8.07 Å². The van der Waals surface area contributed by atoms with Gasteiger partial charge in [-0.15, -0.1) is 15.8 Å². The first-order valence-electron chi connectivity index (χ1n) is 9.66. The van der Waals surface area contributed by atoms with Crippen LogP contribution in [0.25, 0.3) is 0 Å². The molecule has 0 bridgehead atoms. The molecule has 0 aromatic heterocycles. The SMILES string of the molecule is C[Si](C)(C)C#Cc1ccc(NC(=O)C(Cl)Cl)c(C(=O)c2ccc(C3(C(F)(F)F)N=N3)cc2)c1. The standard InChI is InChI=1S/C22H18Cl2F3N3O2Si/c1-33(2,3)11-10-13-4-9-17(28-20(32)19(23)24)16(12-13)18(31)14-5-7-15(8-6-14)21(29-30-21)22(25,26)27/h4-9,12,19H,1-3H3,(H,28,32). The maximum absolute atomic E-state index is 13.2. The number of anilines is 1. The highest BCUT2D eigenvalue weighted by atomic mass is 35.5. The van der Waals surface area contributed by atoms with Crippen LogP contribution in [-0.4, -0.2) is 30.8 Å². The molecule has 0 aliphatic carbocycles. The molecule has 1 N–H and O–H groups in total. The van der Waals surface area contributed by atoms with E-state index in [1.807, 2.05) is 0 Å². The van der Waals surface area contributed by atoms with Gasteiger partial charge in [-0.25, -0.2) is 0 Å². The fourth-order valence-corrected chi connectivity index (χ4v) is 3.45. The number of nitrogens with one attached hydrogen (secondary N) is 1. The summed E-state index contributed by atoms with van der Waals surface area (Å²) in [7, 11) is -1.70. The van der Waals surface area contributed by atoms with Gasteiger partial charge in [0, 0.05) is 22.3 Å². The monoisotopic (exact) mass is 511 g/mol. The Morgan fingerprint density at radius 3 is 2.15 bits per heavy atom. The second-order valence-corrected chi connectivity index (χ2v) is 14.2. The molecule has 5 nitrogen and oxygen atoms in total. The zero-order chi connectivity index (χ0) is 24.6. The second-order valence-electron chi connectivity index (χ2n) is 8.33. The molecule has 1 amide bonds. The minimum Gasteiger partial charge on any atom is -0.323 e. The van der Waals surface area contributed by atoms with Crippen molar-refractivity contribution >= 4 is 48.7 Å². The first-order chi connectivity index (χ1) is 15.2. The Bertz CT molecular complexity index is 1190. The van der Waals surface area contributed by atoms with Gasteiger partial charge in [-0.3, -0.25) is 9.59 Å². The third-order valence-corrected chi connectivity index (χ3v) is 5.82. The first-order valence-corrected chi connectivity index (χ1v) is 14.0. The van der Waals surface area contributed by atoms with E-state index >= 15 is 0 Å². The summed E-state index contributed by atoms with van der Waals surface area (Å²) in [6, 6.07) is 9.48. The van der Waals surface area contributed by atoms with Gasteiger partial charge in [-0.05, 0) is 18.2 Å². The van der Waals surface area contributed by atoms with Gasteiger partial charge in [0.15, 0.2) is 10.6 Å². The molecule has 0 saturated carbocycles. The molecule has 172 valence electrons. The lowest BCUT2D eigenvalue weighted by Gasteiger charge is -2.15. The molecule has 0 radical (unpaired) electrons. The van der Waals surface area contributed by atoms with Crippen molar-refractivity contribution < 1.29 is 22.8 Å². The zero-order valence-electron chi connectivity index (χ0n) is 17.7. The maximum Gasteiger partial charge on any atom is 0.442 e. The summed E-state index contributed by atoms with van der Waals surface area (Å²) in [6.45, 7) is 6.19. The summed E-state index contributed by atoms with van der Waals surface area (Å²) in [5.74, 6) is 1.78. The molecule has 2 aromatic carbocycles. The Morgan fingerprint density at radius 1 is 1.06 bits per heavy atom. The van der Waals surface area contributed by atoms with Gasteiger partial charge < -0.3 is 5.32 Å². The molecular weight excluding hydrogens is 494 g/mol. The number of benzene rings is 2. The summed E-state index contributed by atoms with van der Waals surface area (Å²) < 4.78 is 39.7. The average molecular weight is 512 g/mol. The molecule has 1 aliphatic heterocycles. The van der Waals surface area contributed by atoms with Gasteiger partial charge in [-0.1, -0.05) is 73.0 Å². The Kier molecular flexibility index (Phi) is 6.76. The van der Waals surface area contributed by atoms with Gasteiger partial charge in [-0.2, -0.15) is 13.2 Å². The Hall–Kier alpha value is -2.67. The van der Waals surface area contributed by atoms with Crippen LogP contribution in [0.4, 0.5) is 18.9 Å². The van der Waals surface area contributed by atoms with Crippen molar-refractivity contribution in [2.24, 2.45) is 10.2 Å². The number of rotatable bonds is 5. The molecule has 3 rings (SSSR count). The van der Waals surface area contributed by atoms with E-state index in [2.05, 4.69) is 46.7 Å². The van der Waals surface area contributed by atoms with Crippen LogP contribution in [0.2, 0.25) is 19.6 Å². The number of hydrogen-bond acceptors (Lipinski definition) is 4. The molecule has 0 unspecified atom stereocenters. The number of hydrogen-bond donors (Lipinski definition) is 1. The van der Waals surface area contributed by atoms with Crippen LogP contribution in [0.1, 0.15) is 27.0 Å². The van der Waals surface area contributed by atoms with Gasteiger partial charge in [0.25, 0.3) is 5.91 Å². The number of carbonyl (C=O) groups is 2. The van der Waals surface area contributed by atoms with Gasteiger partial charge in [0.05, 0.1) is 5.69 Å². The molecule has 1 heterocycles. The Balaban J connectivity index is 1.98. The fraction of sp³-hybridized carbons (Fsp3) is 0.273. The summed E-state index contributed by atoms with van der Waals surface area (Å²) in [4.78, 5) is 23.8. The lowest BCUT2D eigenvalue weighted by Crippen LogP contribution is -2.30. The highest BCUT2D eigenvalue weighted by molar-refractivity contribution is 6.83. The third-order valence-electron chi connectivity index (χ3n) is 4.55. The predicted molar refractivity (Wildman–Crippen MR) is 123 cm³/mol. The molecule has 33 heavy (non-hydrogen) atoms. The van der Waals surface area contributed by atoms with E-state index in [0.717, 1.165) is 12.1 Å². The van der Waals surface area contributed by atoms with Crippen LogP contribution >= 0.6 is 23.2 Å². The largest absolute Gasteiger partial charge is 0.442 e. The van der Waals surface area contributed by atoms with Crippen molar-refractivity contribution in [2.75, 3.05) is 5.32 Å². The first kappa shape index (κ1) is 25.0. The maximum atomic E-state index is 13.2. The van der Waals surface area contributed by atoms with Crippen molar-refractivity contribution in [2.45, 2.75) is 36.3 Å². The summed E-state index contributed by atoms with van der Waals surface area (Å²) in [5.41, 5.74) is 1.33. The molecule has 0 fully saturated rings. The molecule has 1 aliphatic rings. The minimum atomic E-state index is -4.67. The van der Waals surface area contributed by atoms with Crippen LogP contribution < -0.4 is 5.32 Å². The normalized spacial score (nSPS) is 14.5. The van der Waals surface area contributed by atoms with Crippen LogP contribution in [0, 0.1) is 11.5 Å². The van der Waals surface area contributed by atoms with E-state index in [1.165, 1.54) is 24.3 Å². The molecular formula is C22H18Cl2F3N3O2Si. The molecule has 0 spiro atoms. The summed E-state index contributed by atoms with van der Waals surface area (Å²) in [5, 5.41) is 8.79. The average Bonchev–Trinajstić information content (AvgIpc) is 3.54. The predicted octanol–water partition coefficient (Wildman–Crippen LogP) is 6.07. The molecule has 0 atom stereocenters. The van der Waals surface area contributed by atoms with Crippen molar-refractivity contribution in [1.29, 1.82) is 0 Å². The molecule has 0 saturated heterocycles. The van der Waals surface area contributed by atoms with Crippen molar-refractivity contribution in [3.05, 3.63) is 64.7 Å². The van der Waals surface area contributed by atoms with E-state index < -0.39 is 36.4 Å². The van der Waals surface area contributed by atoms with Gasteiger partial charge in [0.2, 0.25) is 0 Å². The second kappa shape index (κ2) is 8.93. The number of alkyl halides is 5. The van der Waals surface area contributed by atoms with E-state index in [4.69, 9.17) is 23.2 Å².